The first kappa shape index (κ1) is 13.2. The van der Waals surface area contributed by atoms with Gasteiger partial charge in [0.1, 0.15) is 6.61 Å². The number of amides is 1. The van der Waals surface area contributed by atoms with E-state index in [1.807, 2.05) is 0 Å². The van der Waals surface area contributed by atoms with Crippen molar-refractivity contribution >= 4 is 5.91 Å². The molecule has 7 heteroatoms. The molecule has 1 aliphatic carbocycles. The van der Waals surface area contributed by atoms with E-state index in [0.717, 1.165) is 12.8 Å². The molecule has 0 aromatic carbocycles. The highest BCUT2D eigenvalue weighted by Gasteiger charge is 2.27. The van der Waals surface area contributed by atoms with Crippen molar-refractivity contribution in [2.75, 3.05) is 26.3 Å². The number of nitrogens with one attached hydrogen (secondary N) is 2. The third-order valence-corrected chi connectivity index (χ3v) is 1.92. The summed E-state index contributed by atoms with van der Waals surface area (Å²) < 4.78 is 39.3. The molecule has 0 unspecified atom stereocenters. The van der Waals surface area contributed by atoms with Crippen LogP contribution in [-0.4, -0.2) is 44.4 Å². The number of alkyl halides is 3. The van der Waals surface area contributed by atoms with Crippen molar-refractivity contribution in [3.63, 3.8) is 0 Å². The molecular formula is C9H15F3N2O2. The Morgan fingerprint density at radius 1 is 1.38 bits per heavy atom. The molecule has 94 valence electrons. The highest BCUT2D eigenvalue weighted by atomic mass is 19.4. The second-order valence-corrected chi connectivity index (χ2v) is 3.69. The van der Waals surface area contributed by atoms with Crippen LogP contribution < -0.4 is 10.6 Å². The lowest BCUT2D eigenvalue weighted by molar-refractivity contribution is -0.173. The summed E-state index contributed by atoms with van der Waals surface area (Å²) in [5.41, 5.74) is 0. The molecule has 1 aliphatic rings. The molecule has 0 aromatic heterocycles. The number of rotatable bonds is 7. The summed E-state index contributed by atoms with van der Waals surface area (Å²) in [7, 11) is 0. The molecule has 1 fully saturated rings. The molecule has 0 heterocycles. The third-order valence-electron chi connectivity index (χ3n) is 1.92. The first-order chi connectivity index (χ1) is 7.47. The molecule has 1 rings (SSSR count). The zero-order chi connectivity index (χ0) is 12.0. The molecule has 0 radical (unpaired) electrons. The van der Waals surface area contributed by atoms with E-state index < -0.39 is 12.8 Å². The van der Waals surface area contributed by atoms with Crippen LogP contribution in [0.4, 0.5) is 13.2 Å². The van der Waals surface area contributed by atoms with Gasteiger partial charge in [-0.1, -0.05) is 0 Å². The summed E-state index contributed by atoms with van der Waals surface area (Å²) in [5, 5.41) is 5.45. The average molecular weight is 240 g/mol. The van der Waals surface area contributed by atoms with Crippen LogP contribution in [0.15, 0.2) is 0 Å². The predicted octanol–water partition coefficient (Wildman–Crippen LogP) is 0.433. The summed E-state index contributed by atoms with van der Waals surface area (Å²) >= 11 is 0. The van der Waals surface area contributed by atoms with Crippen LogP contribution in [0.3, 0.4) is 0 Å². The Labute approximate surface area is 91.5 Å². The van der Waals surface area contributed by atoms with Crippen LogP contribution in [0.5, 0.6) is 0 Å². The van der Waals surface area contributed by atoms with Gasteiger partial charge in [-0.15, -0.1) is 0 Å². The molecule has 0 aromatic rings. The molecule has 0 aliphatic heterocycles. The van der Waals surface area contributed by atoms with Crippen molar-refractivity contribution in [1.29, 1.82) is 0 Å². The van der Waals surface area contributed by atoms with Gasteiger partial charge in [0.15, 0.2) is 0 Å². The Bertz CT molecular complexity index is 229. The standard InChI is InChI=1S/C9H15F3N2O2/c10-9(11,12)6-16-4-3-13-5-8(15)14-7-1-2-7/h7,13H,1-6H2,(H,14,15). The summed E-state index contributed by atoms with van der Waals surface area (Å²) in [6.07, 6.45) is -2.26. The monoisotopic (exact) mass is 240 g/mol. The molecule has 1 saturated carbocycles. The van der Waals surface area contributed by atoms with E-state index in [2.05, 4.69) is 15.4 Å². The van der Waals surface area contributed by atoms with Crippen molar-refractivity contribution in [3.8, 4) is 0 Å². The molecular weight excluding hydrogens is 225 g/mol. The minimum atomic E-state index is -4.29. The van der Waals surface area contributed by atoms with E-state index in [0.29, 0.717) is 6.04 Å². The van der Waals surface area contributed by atoms with Gasteiger partial charge < -0.3 is 15.4 Å². The minimum absolute atomic E-state index is 0.0593. The zero-order valence-corrected chi connectivity index (χ0v) is 8.77. The van der Waals surface area contributed by atoms with Crippen molar-refractivity contribution in [2.24, 2.45) is 0 Å². The van der Waals surface area contributed by atoms with E-state index in [1.54, 1.807) is 0 Å². The number of hydrogen-bond acceptors (Lipinski definition) is 3. The highest BCUT2D eigenvalue weighted by Crippen LogP contribution is 2.18. The van der Waals surface area contributed by atoms with Crippen LogP contribution in [0.2, 0.25) is 0 Å². The van der Waals surface area contributed by atoms with Crippen LogP contribution in [0.25, 0.3) is 0 Å². The van der Waals surface area contributed by atoms with Crippen molar-refractivity contribution in [3.05, 3.63) is 0 Å². The van der Waals surface area contributed by atoms with Gasteiger partial charge in [-0.05, 0) is 12.8 Å². The first-order valence-corrected chi connectivity index (χ1v) is 5.12. The van der Waals surface area contributed by atoms with Gasteiger partial charge in [0.25, 0.3) is 0 Å². The fourth-order valence-electron chi connectivity index (χ4n) is 1.04. The lowest BCUT2D eigenvalue weighted by Crippen LogP contribution is -2.36. The van der Waals surface area contributed by atoms with Gasteiger partial charge in [-0.3, -0.25) is 4.79 Å². The lowest BCUT2D eigenvalue weighted by Gasteiger charge is -2.08. The normalized spacial score (nSPS) is 16.2. The number of carbonyl (C=O) groups is 1. The summed E-state index contributed by atoms with van der Waals surface area (Å²) in [4.78, 5) is 11.1. The Balaban J connectivity index is 1.85. The first-order valence-electron chi connectivity index (χ1n) is 5.12. The Morgan fingerprint density at radius 3 is 2.62 bits per heavy atom. The van der Waals surface area contributed by atoms with Gasteiger partial charge in [0.2, 0.25) is 5.91 Å². The number of hydrogen-bond donors (Lipinski definition) is 2. The second-order valence-electron chi connectivity index (χ2n) is 3.69. The molecule has 0 bridgehead atoms. The molecule has 4 nitrogen and oxygen atoms in total. The van der Waals surface area contributed by atoms with Crippen molar-refractivity contribution in [2.45, 2.75) is 25.1 Å². The number of carbonyl (C=O) groups excluding carboxylic acids is 1. The zero-order valence-electron chi connectivity index (χ0n) is 8.77. The topological polar surface area (TPSA) is 50.4 Å². The molecule has 16 heavy (non-hydrogen) atoms. The molecule has 2 N–H and O–H groups in total. The maximum Gasteiger partial charge on any atom is 0.411 e. The summed E-state index contributed by atoms with van der Waals surface area (Å²) in [6, 6.07) is 0.302. The third kappa shape index (κ3) is 7.47. The maximum absolute atomic E-state index is 11.6. The number of halogens is 3. The Morgan fingerprint density at radius 2 is 2.06 bits per heavy atom. The fraction of sp³-hybridized carbons (Fsp3) is 0.889. The van der Waals surface area contributed by atoms with Gasteiger partial charge in [-0.2, -0.15) is 13.2 Å². The minimum Gasteiger partial charge on any atom is -0.371 e. The number of ether oxygens (including phenoxy) is 1. The average Bonchev–Trinajstić information content (AvgIpc) is 2.93. The van der Waals surface area contributed by atoms with E-state index in [1.165, 1.54) is 0 Å². The van der Waals surface area contributed by atoms with Crippen molar-refractivity contribution < 1.29 is 22.7 Å². The van der Waals surface area contributed by atoms with E-state index >= 15 is 0 Å². The van der Waals surface area contributed by atoms with E-state index in [9.17, 15) is 18.0 Å². The molecule has 0 saturated heterocycles. The Kier molecular flexibility index (Phi) is 5.01. The van der Waals surface area contributed by atoms with Gasteiger partial charge in [-0.25, -0.2) is 0 Å². The molecule has 0 spiro atoms. The predicted molar refractivity (Wildman–Crippen MR) is 50.9 cm³/mol. The van der Waals surface area contributed by atoms with Gasteiger partial charge in [0, 0.05) is 12.6 Å². The Hall–Kier alpha value is -0.820. The quantitative estimate of drug-likeness (QED) is 0.635. The second kappa shape index (κ2) is 6.05. The molecule has 1 amide bonds. The van der Waals surface area contributed by atoms with Gasteiger partial charge in [0.05, 0.1) is 13.2 Å². The van der Waals surface area contributed by atoms with E-state index in [4.69, 9.17) is 0 Å². The van der Waals surface area contributed by atoms with E-state index in [-0.39, 0.29) is 25.6 Å². The van der Waals surface area contributed by atoms with Crippen LogP contribution in [-0.2, 0) is 9.53 Å². The lowest BCUT2D eigenvalue weighted by atomic mass is 10.5. The van der Waals surface area contributed by atoms with Crippen LogP contribution in [0.1, 0.15) is 12.8 Å². The maximum atomic E-state index is 11.6. The largest absolute Gasteiger partial charge is 0.411 e. The highest BCUT2D eigenvalue weighted by molar-refractivity contribution is 5.78. The van der Waals surface area contributed by atoms with Gasteiger partial charge >= 0.3 is 6.18 Å². The van der Waals surface area contributed by atoms with Crippen LogP contribution >= 0.6 is 0 Å². The SMILES string of the molecule is O=C(CNCCOCC(F)(F)F)NC1CC1. The van der Waals surface area contributed by atoms with Crippen molar-refractivity contribution in [1.82, 2.24) is 10.6 Å². The fourth-order valence-corrected chi connectivity index (χ4v) is 1.04. The molecule has 0 atom stereocenters. The smallest absolute Gasteiger partial charge is 0.371 e. The summed E-state index contributed by atoms with van der Waals surface area (Å²) in [5.74, 6) is -0.127. The summed E-state index contributed by atoms with van der Waals surface area (Å²) in [6.45, 7) is -0.959. The van der Waals surface area contributed by atoms with Crippen LogP contribution in [0, 0.1) is 0 Å².